The van der Waals surface area contributed by atoms with Crippen molar-refractivity contribution in [3.05, 3.63) is 82.8 Å². The summed E-state index contributed by atoms with van der Waals surface area (Å²) in [6.45, 7) is -7.55. The van der Waals surface area contributed by atoms with E-state index in [0.717, 1.165) is 13.8 Å². The molecule has 0 aromatic heterocycles. The lowest BCUT2D eigenvalue weighted by Crippen LogP contribution is -2.78. The Morgan fingerprint density at radius 3 is 2.35 bits per heavy atom. The maximum Gasteiger partial charge on any atom is 0.408 e. The molecule has 1 saturated heterocycles. The van der Waals surface area contributed by atoms with Crippen molar-refractivity contribution < 1.29 is 90.7 Å². The molecule has 1 amide bonds. The van der Waals surface area contributed by atoms with Gasteiger partial charge in [-0.15, -0.1) is 0 Å². The van der Waals surface area contributed by atoms with Gasteiger partial charge >= 0.3 is 30.0 Å². The van der Waals surface area contributed by atoms with E-state index in [2.05, 4.69) is 9.85 Å². The predicted octanol–water partition coefficient (Wildman–Crippen LogP) is 4.47. The van der Waals surface area contributed by atoms with E-state index in [1.807, 2.05) is 0 Å². The molecule has 60 heavy (non-hydrogen) atoms. The Balaban J connectivity index is 1.49. The number of carbonyl (C=O) groups excluding carboxylic acids is 6. The zero-order valence-corrected chi connectivity index (χ0v) is 32.8. The first kappa shape index (κ1) is 25.0. The summed E-state index contributed by atoms with van der Waals surface area (Å²) < 4.78 is 194. The Morgan fingerprint density at radius 2 is 1.75 bits per heavy atom. The smallest absolute Gasteiger partial charge is 0.408 e. The first-order chi connectivity index (χ1) is 36.1. The lowest BCUT2D eigenvalue weighted by Gasteiger charge is -2.64. The first-order valence-electron chi connectivity index (χ1n) is 28.0. The molecule has 2 aromatic carbocycles. The van der Waals surface area contributed by atoms with Crippen LogP contribution in [-0.4, -0.2) is 103 Å². The number of esters is 4. The molecule has 1 spiro atoms. The van der Waals surface area contributed by atoms with Gasteiger partial charge in [0.2, 0.25) is 2.86 Å². The molecule has 1 aliphatic heterocycles. The van der Waals surface area contributed by atoms with E-state index in [-0.39, 0.29) is 29.6 Å². The third-order valence-corrected chi connectivity index (χ3v) is 12.3. The van der Waals surface area contributed by atoms with Crippen molar-refractivity contribution >= 4 is 35.8 Å². The highest BCUT2D eigenvalue weighted by molar-refractivity contribution is 5.97. The number of hydrogen-bond donors (Lipinski definition) is 3. The second-order valence-corrected chi connectivity index (χ2v) is 16.1. The van der Waals surface area contributed by atoms with Crippen LogP contribution in [-0.2, 0) is 47.6 Å². The highest BCUT2D eigenvalue weighted by atomic mass is 16.6. The van der Waals surface area contributed by atoms with Crippen LogP contribution >= 0.6 is 0 Å². The van der Waals surface area contributed by atoms with E-state index < -0.39 is 186 Å². The molecule has 322 valence electrons. The fourth-order valence-corrected chi connectivity index (χ4v) is 9.72. The standard InChI is InChI=1S/C45H53NO14/c1-23-29(57-39(52)33(49)32(26-15-11-9-12-16-26)46-40(53)60-41(4,5)6)21-45(54)37(58-38(51)27-17-13-10-14-18-27)35-43(36(50)34(56-24(2)47)31(23)42(45,7)8)20-28(43)19-30-44(35,22-55-30)59-25(3)48/h9-18,28-30,32-35,37,49,54H,19-22H2,1-8H3,(H,46,53)/t28-,29+,30-,32+,33-,34-,35+,37+,43-,44+,45-/m1/s1/i4D3,5D3,6D3,9D,11D,12D,15D,16D,32D,33D,49D,54D/hD. The van der Waals surface area contributed by atoms with Gasteiger partial charge in [0.1, 0.15) is 29.5 Å². The zero-order valence-electron chi connectivity index (χ0n) is 51.8. The number of hydrogen-bond acceptors (Lipinski definition) is 14. The van der Waals surface area contributed by atoms with E-state index in [4.69, 9.17) is 52.3 Å². The molecule has 1 heterocycles. The number of fused-ring (bicyclic) bond motifs is 4. The van der Waals surface area contributed by atoms with Crippen LogP contribution in [0.4, 0.5) is 4.79 Å². The number of amides is 1. The molecule has 15 heteroatoms. The lowest BCUT2D eigenvalue weighted by molar-refractivity contribution is -0.323. The number of alkyl carbamates (subject to hydrolysis) is 1. The van der Waals surface area contributed by atoms with Crippen LogP contribution in [0.15, 0.2) is 71.7 Å². The summed E-state index contributed by atoms with van der Waals surface area (Å²) in [5.74, 6) is -8.52. The molecule has 11 atom stereocenters. The van der Waals surface area contributed by atoms with Crippen LogP contribution in [0.3, 0.4) is 0 Å². The third kappa shape index (κ3) is 7.07. The minimum absolute atomic E-state index is 0.000924. The SMILES string of the molecule is [2H]O[C@@]([2H])(C(=O)O[C@H]1C[C@@]2(O[2H])[C@@H](OC(=O)c3ccccc3)[C@@H]3[C@]4(OC(C)=O)CO[C@@H]4C[C@@H]4C[C@@]43C(=O)[C@H](OC(C)=O)C(=C1C)C2(C)C)[C@]([2H])(c1c([2H])c([2H])c([2H])c([2H])c1[2H])N([2H])C(=O)OC(C([2H])([2H])[2H])(C([2H])([2H])[2H])C([2H])([2H])[2H]. The van der Waals surface area contributed by atoms with Crippen molar-refractivity contribution in [3.63, 3.8) is 0 Å². The molecule has 4 fully saturated rings. The van der Waals surface area contributed by atoms with Crippen molar-refractivity contribution in [1.29, 1.82) is 2.86 Å². The molecule has 7 rings (SSSR count). The monoisotopic (exact) mass is 850 g/mol. The number of ether oxygens (including phenoxy) is 6. The Kier molecular flexibility index (Phi) is 6.28. The Labute approximate surface area is 375 Å². The van der Waals surface area contributed by atoms with Crippen LogP contribution < -0.4 is 5.31 Å². The lowest BCUT2D eigenvalue weighted by atomic mass is 9.48. The quantitative estimate of drug-likeness (QED) is 0.162. The van der Waals surface area contributed by atoms with Crippen molar-refractivity contribution in [2.45, 2.75) is 128 Å². The summed E-state index contributed by atoms with van der Waals surface area (Å²) in [6.07, 6.45) is -15.5. The highest BCUT2D eigenvalue weighted by Gasteiger charge is 2.84. The van der Waals surface area contributed by atoms with Gasteiger partial charge in [-0.3, -0.25) is 14.4 Å². The second-order valence-electron chi connectivity index (χ2n) is 16.1. The van der Waals surface area contributed by atoms with Gasteiger partial charge < -0.3 is 43.9 Å². The fourth-order valence-electron chi connectivity index (χ4n) is 9.72. The molecule has 2 aromatic rings. The molecule has 4 aliphatic carbocycles. The molecular formula is C45H53NO14. The summed E-state index contributed by atoms with van der Waals surface area (Å²) >= 11 is 0. The van der Waals surface area contributed by atoms with E-state index in [0.29, 0.717) is 0 Å². The van der Waals surface area contributed by atoms with E-state index in [1.165, 1.54) is 45.0 Å². The summed E-state index contributed by atoms with van der Waals surface area (Å²) in [5.41, 5.74) is -15.1. The van der Waals surface area contributed by atoms with Gasteiger partial charge in [-0.1, -0.05) is 62.3 Å². The summed E-state index contributed by atoms with van der Waals surface area (Å²) in [6, 6.07) is -4.59. The van der Waals surface area contributed by atoms with Gasteiger partial charge in [-0.25, -0.2) is 14.4 Å². The van der Waals surface area contributed by atoms with Gasteiger partial charge in [0.15, 0.2) is 25.0 Å². The minimum atomic E-state index is -4.62. The van der Waals surface area contributed by atoms with Gasteiger partial charge in [0, 0.05) is 43.4 Å². The Morgan fingerprint density at radius 1 is 1.03 bits per heavy atom. The van der Waals surface area contributed by atoms with E-state index in [1.54, 1.807) is 6.07 Å². The van der Waals surface area contributed by atoms with Gasteiger partial charge in [0.25, 0.3) is 0 Å². The number of Topliss-reactive ketones (excluding diaryl/α,β-unsaturated/α-hetero) is 1. The number of rotatable bonds is 11. The summed E-state index contributed by atoms with van der Waals surface area (Å²) in [5, 5.41) is 9.15. The molecule has 0 radical (unpaired) electrons. The van der Waals surface area contributed by atoms with E-state index in [9.17, 15) is 21.9 Å². The molecule has 15 nitrogen and oxygen atoms in total. The molecule has 5 aliphatic rings. The van der Waals surface area contributed by atoms with Crippen LogP contribution in [0.5, 0.6) is 0 Å². The molecule has 0 unspecified atom stereocenters. The van der Waals surface area contributed by atoms with Crippen LogP contribution in [0.2, 0.25) is 1.41 Å². The van der Waals surface area contributed by atoms with Crippen molar-refractivity contribution in [3.8, 4) is 0 Å². The summed E-state index contributed by atoms with van der Waals surface area (Å²) in [4.78, 5) is 86.2. The number of nitrogens with one attached hydrogen (secondary N) is 1. The maximum atomic E-state index is 15.8. The van der Waals surface area contributed by atoms with E-state index >= 15 is 9.59 Å². The van der Waals surface area contributed by atoms with Gasteiger partial charge in [0.05, 0.1) is 33.7 Å². The van der Waals surface area contributed by atoms with Crippen LogP contribution in [0, 0.1) is 22.7 Å². The summed E-state index contributed by atoms with van der Waals surface area (Å²) in [7, 11) is 0. The van der Waals surface area contributed by atoms with Crippen molar-refractivity contribution in [2.75, 3.05) is 6.61 Å². The molecular weight excluding hydrogens is 778 g/mol. The molecule has 3 N–H and O–H groups in total. The maximum absolute atomic E-state index is 15.8. The van der Waals surface area contributed by atoms with Gasteiger partial charge in [-0.05, 0) is 75.1 Å². The van der Waals surface area contributed by atoms with Crippen molar-refractivity contribution in [2.24, 2.45) is 22.7 Å². The Hall–Kier alpha value is -5.12. The van der Waals surface area contributed by atoms with Crippen LogP contribution in [0.25, 0.3) is 0 Å². The normalized spacial score (nSPS) is 39.5. The minimum Gasteiger partial charge on any atom is -0.456 e. The highest BCUT2D eigenvalue weighted by Crippen LogP contribution is 2.74. The van der Waals surface area contributed by atoms with Gasteiger partial charge in [-0.2, -0.15) is 0 Å². The third-order valence-electron chi connectivity index (χ3n) is 12.3. The largest absolute Gasteiger partial charge is 0.456 e. The molecule has 2 bridgehead atoms. The number of benzene rings is 2. The zero-order chi connectivity index (χ0) is 59.7. The number of ketones is 1. The second kappa shape index (κ2) is 15.1. The average Bonchev–Trinajstić information content (AvgIpc) is 2.08. The predicted molar refractivity (Wildman–Crippen MR) is 210 cm³/mol. The number of carbonyl (C=O) groups is 6. The first-order valence-corrected chi connectivity index (χ1v) is 18.7. The Bertz CT molecular complexity index is 2850. The van der Waals surface area contributed by atoms with Crippen molar-refractivity contribution in [1.82, 2.24) is 5.31 Å². The topological polar surface area (TPSA) is 210 Å². The van der Waals surface area contributed by atoms with Crippen LogP contribution in [0.1, 0.15) is 118 Å². The average molecular weight is 851 g/mol. The molecule has 3 saturated carbocycles. The number of aliphatic hydroxyl groups is 2. The fraction of sp³-hybridized carbons (Fsp3) is 0.556.